The molecule has 0 nitrogen and oxygen atoms in total. The topological polar surface area (TPSA) is 0 Å². The van der Waals surface area contributed by atoms with Gasteiger partial charge in [0.1, 0.15) is 0 Å². The van der Waals surface area contributed by atoms with Crippen LogP contribution in [0.2, 0.25) is 0 Å². The first-order valence-electron chi connectivity index (χ1n) is 9.29. The van der Waals surface area contributed by atoms with Crippen molar-refractivity contribution >= 4 is 0 Å². The van der Waals surface area contributed by atoms with Gasteiger partial charge in [0.2, 0.25) is 0 Å². The van der Waals surface area contributed by atoms with Crippen LogP contribution in [0.1, 0.15) is 54.4 Å². The molecule has 0 N–H and O–H groups in total. The van der Waals surface area contributed by atoms with Gasteiger partial charge >= 0.3 is 0 Å². The molecule has 0 fully saturated rings. The molecule has 0 aromatic carbocycles. The van der Waals surface area contributed by atoms with Gasteiger partial charge in [-0.2, -0.15) is 0 Å². The van der Waals surface area contributed by atoms with Crippen LogP contribution in [-0.2, 0) is 0 Å². The fourth-order valence-corrected chi connectivity index (χ4v) is 4.44. The summed E-state index contributed by atoms with van der Waals surface area (Å²) in [5, 5.41) is 0. The lowest BCUT2D eigenvalue weighted by Crippen LogP contribution is -2.38. The van der Waals surface area contributed by atoms with Crippen molar-refractivity contribution < 1.29 is 17.6 Å². The molecule has 2 unspecified atom stereocenters. The van der Waals surface area contributed by atoms with E-state index in [1.807, 2.05) is 12.2 Å². The Hall–Kier alpha value is -1.32. The number of halogens is 4. The highest BCUT2D eigenvalue weighted by Gasteiger charge is 2.49. The van der Waals surface area contributed by atoms with Crippen molar-refractivity contribution in [1.82, 2.24) is 0 Å². The van der Waals surface area contributed by atoms with E-state index in [9.17, 15) is 17.6 Å². The fourth-order valence-electron chi connectivity index (χ4n) is 4.44. The molecule has 0 radical (unpaired) electrons. The van der Waals surface area contributed by atoms with Crippen molar-refractivity contribution in [3.05, 3.63) is 46.1 Å². The summed E-state index contributed by atoms with van der Waals surface area (Å²) >= 11 is 0. The van der Waals surface area contributed by atoms with Crippen LogP contribution in [0.3, 0.4) is 0 Å². The van der Waals surface area contributed by atoms with E-state index in [2.05, 4.69) is 41.5 Å². The summed E-state index contributed by atoms with van der Waals surface area (Å²) in [4.78, 5) is 0. The maximum Gasteiger partial charge on any atom is 0.189 e. The van der Waals surface area contributed by atoms with E-state index in [4.69, 9.17) is 0 Å². The summed E-state index contributed by atoms with van der Waals surface area (Å²) in [6.45, 7) is 12.5. The van der Waals surface area contributed by atoms with Gasteiger partial charge in [-0.05, 0) is 29.2 Å². The summed E-state index contributed by atoms with van der Waals surface area (Å²) in [6.07, 6.45) is 0.702. The molecule has 0 saturated carbocycles. The molecule has 0 aromatic heterocycles. The molecule has 0 saturated heterocycles. The van der Waals surface area contributed by atoms with Gasteiger partial charge < -0.3 is 0 Å². The highest BCUT2D eigenvalue weighted by Crippen LogP contribution is 2.55. The SMILES string of the molecule is CC(C)(C)CC1=C[C@@H]2C(CC(C)(C)C)=CC1C1=C2[C@H](F)C(F)C(F)=C1F. The average molecular weight is 368 g/mol. The molecule has 0 amide bonds. The predicted octanol–water partition coefficient (Wildman–Crippen LogP) is 7.11. The van der Waals surface area contributed by atoms with Crippen LogP contribution >= 0.6 is 0 Å². The van der Waals surface area contributed by atoms with Gasteiger partial charge in [-0.15, -0.1) is 0 Å². The van der Waals surface area contributed by atoms with Crippen LogP contribution in [0.4, 0.5) is 17.6 Å². The first-order chi connectivity index (χ1) is 11.8. The van der Waals surface area contributed by atoms with E-state index in [1.165, 1.54) is 0 Å². The molecule has 26 heavy (non-hydrogen) atoms. The van der Waals surface area contributed by atoms with Crippen molar-refractivity contribution in [3.63, 3.8) is 0 Å². The lowest BCUT2D eigenvalue weighted by Gasteiger charge is -2.44. The van der Waals surface area contributed by atoms with Gasteiger partial charge in [0.25, 0.3) is 0 Å². The molecule has 0 heterocycles. The van der Waals surface area contributed by atoms with Crippen LogP contribution in [0, 0.1) is 22.7 Å². The third kappa shape index (κ3) is 3.32. The Bertz CT molecular complexity index is 737. The number of allylic oxidation sites excluding steroid dienone is 8. The minimum atomic E-state index is -2.54. The monoisotopic (exact) mass is 368 g/mol. The van der Waals surface area contributed by atoms with Gasteiger partial charge in [-0.1, -0.05) is 64.8 Å². The molecule has 0 aliphatic heterocycles. The summed E-state index contributed by atoms with van der Waals surface area (Å²) in [5.74, 6) is -3.76. The first-order valence-corrected chi connectivity index (χ1v) is 9.29. The molecule has 4 aliphatic rings. The van der Waals surface area contributed by atoms with E-state index in [1.54, 1.807) is 0 Å². The molecular formula is C22H28F4. The van der Waals surface area contributed by atoms with Gasteiger partial charge in [0.15, 0.2) is 24.0 Å². The Morgan fingerprint density at radius 3 is 1.73 bits per heavy atom. The second kappa shape index (κ2) is 6.10. The summed E-state index contributed by atoms with van der Waals surface area (Å²) < 4.78 is 57.4. The lowest BCUT2D eigenvalue weighted by molar-refractivity contribution is 0.176. The zero-order valence-corrected chi connectivity index (χ0v) is 16.4. The minimum Gasteiger partial charge on any atom is -0.239 e. The summed E-state index contributed by atoms with van der Waals surface area (Å²) in [6, 6.07) is 0. The maximum atomic E-state index is 14.7. The molecule has 4 aliphatic carbocycles. The van der Waals surface area contributed by atoms with Crippen molar-refractivity contribution in [2.45, 2.75) is 66.7 Å². The fraction of sp³-hybridized carbons (Fsp3) is 0.636. The third-order valence-electron chi connectivity index (χ3n) is 5.23. The Morgan fingerprint density at radius 2 is 1.23 bits per heavy atom. The minimum absolute atomic E-state index is 0.0305. The van der Waals surface area contributed by atoms with Crippen LogP contribution in [0.5, 0.6) is 0 Å². The van der Waals surface area contributed by atoms with Crippen molar-refractivity contribution in [2.75, 3.05) is 0 Å². The van der Waals surface area contributed by atoms with Crippen LogP contribution in [0.25, 0.3) is 0 Å². The van der Waals surface area contributed by atoms with E-state index in [-0.39, 0.29) is 22.0 Å². The molecule has 144 valence electrons. The maximum absolute atomic E-state index is 14.7. The highest BCUT2D eigenvalue weighted by molar-refractivity contribution is 5.59. The Labute approximate surface area is 153 Å². The highest BCUT2D eigenvalue weighted by atomic mass is 19.2. The summed E-state index contributed by atoms with van der Waals surface area (Å²) in [5.41, 5.74) is 2.04. The zero-order chi connectivity index (χ0) is 19.6. The van der Waals surface area contributed by atoms with Gasteiger partial charge in [0, 0.05) is 17.4 Å². The molecular weight excluding hydrogens is 340 g/mol. The predicted molar refractivity (Wildman–Crippen MR) is 97.4 cm³/mol. The Balaban J connectivity index is 2.09. The molecule has 4 heteroatoms. The lowest BCUT2D eigenvalue weighted by atomic mass is 9.61. The second-order valence-corrected chi connectivity index (χ2v) is 10.2. The largest absolute Gasteiger partial charge is 0.239 e. The summed E-state index contributed by atoms with van der Waals surface area (Å²) in [7, 11) is 0. The molecule has 4 rings (SSSR count). The van der Waals surface area contributed by atoms with Crippen molar-refractivity contribution in [1.29, 1.82) is 0 Å². The first kappa shape index (κ1) is 19.4. The van der Waals surface area contributed by atoms with E-state index < -0.39 is 35.8 Å². The van der Waals surface area contributed by atoms with E-state index in [0.29, 0.717) is 12.8 Å². The molecule has 4 atom stereocenters. The van der Waals surface area contributed by atoms with Crippen LogP contribution in [-0.4, -0.2) is 12.3 Å². The number of hydrogen-bond acceptors (Lipinski definition) is 0. The van der Waals surface area contributed by atoms with Crippen molar-refractivity contribution in [2.24, 2.45) is 22.7 Å². The van der Waals surface area contributed by atoms with E-state index in [0.717, 1.165) is 11.1 Å². The normalized spacial score (nSPS) is 31.9. The second-order valence-electron chi connectivity index (χ2n) is 10.2. The Morgan fingerprint density at radius 1 is 0.769 bits per heavy atom. The Kier molecular flexibility index (Phi) is 4.56. The van der Waals surface area contributed by atoms with E-state index >= 15 is 0 Å². The average Bonchev–Trinajstić information content (AvgIpc) is 2.48. The quantitative estimate of drug-likeness (QED) is 0.360. The zero-order valence-electron chi connectivity index (χ0n) is 16.4. The smallest absolute Gasteiger partial charge is 0.189 e. The van der Waals surface area contributed by atoms with Gasteiger partial charge in [-0.3, -0.25) is 0 Å². The van der Waals surface area contributed by atoms with Crippen molar-refractivity contribution in [3.8, 4) is 0 Å². The van der Waals surface area contributed by atoms with Gasteiger partial charge in [0.05, 0.1) is 0 Å². The molecule has 0 aromatic rings. The van der Waals surface area contributed by atoms with Crippen LogP contribution in [0.15, 0.2) is 46.1 Å². The third-order valence-corrected chi connectivity index (χ3v) is 5.23. The van der Waals surface area contributed by atoms with Gasteiger partial charge in [-0.25, -0.2) is 17.6 Å². The molecule has 2 bridgehead atoms. The van der Waals surface area contributed by atoms with Crippen LogP contribution < -0.4 is 0 Å². The number of hydrogen-bond donors (Lipinski definition) is 0. The standard InChI is InChI=1S/C22H28F4/c1-21(2,3)9-11-7-14-12(10-22(4,5)6)8-13(11)15-16(14)18(24)20(26)19(25)17(15)23/h7-8,13-14,17,19H,9-10H2,1-6H3/t13-,14?,17+,19?/m1/s1. The number of alkyl halides is 2. The molecule has 0 spiro atoms. The number of rotatable bonds is 2.